The molecule has 1 heterocycles. The van der Waals surface area contributed by atoms with Crippen molar-refractivity contribution in [3.8, 4) is 17.3 Å². The lowest BCUT2D eigenvalue weighted by Crippen LogP contribution is -1.91. The van der Waals surface area contributed by atoms with Gasteiger partial charge in [0.05, 0.1) is 31.8 Å². The number of allylic oxidation sites excluding steroid dienone is 1. The lowest BCUT2D eigenvalue weighted by molar-refractivity contribution is -0.385. The van der Waals surface area contributed by atoms with Crippen molar-refractivity contribution in [3.05, 3.63) is 78.6 Å². The second-order valence-corrected chi connectivity index (χ2v) is 6.83. The molecule has 128 valence electrons. The van der Waals surface area contributed by atoms with E-state index < -0.39 is 4.92 Å². The number of nitrogens with zero attached hydrogens (tertiary/aromatic N) is 3. The van der Waals surface area contributed by atoms with Gasteiger partial charge in [0.25, 0.3) is 5.69 Å². The van der Waals surface area contributed by atoms with Gasteiger partial charge in [-0.05, 0) is 24.3 Å². The fraction of sp³-hybridized carbons (Fsp3) is 0. The maximum Gasteiger partial charge on any atom is 0.276 e. The summed E-state index contributed by atoms with van der Waals surface area (Å²) in [6, 6.07) is 13.4. The van der Waals surface area contributed by atoms with Crippen molar-refractivity contribution in [1.82, 2.24) is 4.98 Å². The number of benzene rings is 2. The van der Waals surface area contributed by atoms with Crippen molar-refractivity contribution in [2.24, 2.45) is 0 Å². The SMILES string of the molecule is N#C/C(=C\c1ccccc1[N+](=O)[O-])c1nc(-c2ccc(Cl)c(Cl)c2)cs1. The minimum Gasteiger partial charge on any atom is -0.258 e. The van der Waals surface area contributed by atoms with E-state index in [0.717, 1.165) is 5.56 Å². The number of rotatable bonds is 4. The Morgan fingerprint density at radius 1 is 1.23 bits per heavy atom. The Morgan fingerprint density at radius 3 is 2.69 bits per heavy atom. The summed E-state index contributed by atoms with van der Waals surface area (Å²) in [4.78, 5) is 15.1. The fourth-order valence-corrected chi connectivity index (χ4v) is 3.35. The molecule has 0 saturated heterocycles. The smallest absolute Gasteiger partial charge is 0.258 e. The molecule has 0 atom stereocenters. The van der Waals surface area contributed by atoms with Gasteiger partial charge >= 0.3 is 0 Å². The molecule has 0 radical (unpaired) electrons. The molecule has 0 aliphatic heterocycles. The van der Waals surface area contributed by atoms with Crippen LogP contribution in [0, 0.1) is 21.4 Å². The molecule has 26 heavy (non-hydrogen) atoms. The summed E-state index contributed by atoms with van der Waals surface area (Å²) in [6.07, 6.45) is 1.47. The molecule has 2 aromatic carbocycles. The van der Waals surface area contributed by atoms with Gasteiger partial charge < -0.3 is 0 Å². The van der Waals surface area contributed by atoms with E-state index in [2.05, 4.69) is 11.1 Å². The Bertz CT molecular complexity index is 1070. The van der Waals surface area contributed by atoms with Gasteiger partial charge in [0.2, 0.25) is 0 Å². The van der Waals surface area contributed by atoms with Gasteiger partial charge in [-0.25, -0.2) is 4.98 Å². The van der Waals surface area contributed by atoms with Crippen molar-refractivity contribution >= 4 is 51.9 Å². The highest BCUT2D eigenvalue weighted by molar-refractivity contribution is 7.11. The highest BCUT2D eigenvalue weighted by atomic mass is 35.5. The Labute approximate surface area is 162 Å². The molecule has 8 heteroatoms. The number of nitriles is 1. The third kappa shape index (κ3) is 3.75. The van der Waals surface area contributed by atoms with E-state index >= 15 is 0 Å². The minimum absolute atomic E-state index is 0.0680. The maximum absolute atomic E-state index is 11.1. The van der Waals surface area contributed by atoms with Gasteiger partial charge in [0, 0.05) is 17.0 Å². The molecule has 3 rings (SSSR count). The summed E-state index contributed by atoms with van der Waals surface area (Å²) in [5.74, 6) is 0. The molecule has 1 aromatic heterocycles. The highest BCUT2D eigenvalue weighted by Gasteiger charge is 2.14. The van der Waals surface area contributed by atoms with E-state index in [-0.39, 0.29) is 11.3 Å². The van der Waals surface area contributed by atoms with Crippen LogP contribution in [0.3, 0.4) is 0 Å². The standard InChI is InChI=1S/C18H9Cl2N3O2S/c19-14-6-5-11(8-15(14)20)16-10-26-18(22-16)13(9-21)7-12-3-1-2-4-17(12)23(24)25/h1-8,10H/b13-7+. The van der Waals surface area contributed by atoms with Gasteiger partial charge in [-0.2, -0.15) is 5.26 Å². The van der Waals surface area contributed by atoms with Gasteiger partial charge in [0.1, 0.15) is 11.1 Å². The third-order valence-corrected chi connectivity index (χ3v) is 5.12. The van der Waals surface area contributed by atoms with Crippen molar-refractivity contribution in [3.63, 3.8) is 0 Å². The van der Waals surface area contributed by atoms with Gasteiger partial charge in [-0.1, -0.05) is 41.4 Å². The molecule has 0 N–H and O–H groups in total. The molecule has 5 nitrogen and oxygen atoms in total. The molecule has 0 aliphatic carbocycles. The van der Waals surface area contributed by atoms with Crippen molar-refractivity contribution < 1.29 is 4.92 Å². The van der Waals surface area contributed by atoms with E-state index in [4.69, 9.17) is 23.2 Å². The number of halogens is 2. The first kappa shape index (κ1) is 18.1. The van der Waals surface area contributed by atoms with Crippen LogP contribution in [0.15, 0.2) is 47.8 Å². The Kier molecular flexibility index (Phi) is 5.33. The number of aromatic nitrogens is 1. The summed E-state index contributed by atoms with van der Waals surface area (Å²) in [7, 11) is 0. The van der Waals surface area contributed by atoms with Gasteiger partial charge in [-0.3, -0.25) is 10.1 Å². The van der Waals surface area contributed by atoms with Crippen LogP contribution in [0.1, 0.15) is 10.6 Å². The predicted molar refractivity (Wildman–Crippen MR) is 104 cm³/mol. The Balaban J connectivity index is 2.00. The largest absolute Gasteiger partial charge is 0.276 e. The van der Waals surface area contributed by atoms with Crippen molar-refractivity contribution in [1.29, 1.82) is 5.26 Å². The van der Waals surface area contributed by atoms with E-state index in [1.54, 1.807) is 41.8 Å². The topological polar surface area (TPSA) is 79.8 Å². The molecular formula is C18H9Cl2N3O2S. The predicted octanol–water partition coefficient (Wildman–Crippen LogP) is 6.09. The van der Waals surface area contributed by atoms with Crippen LogP contribution < -0.4 is 0 Å². The van der Waals surface area contributed by atoms with Crippen molar-refractivity contribution in [2.75, 3.05) is 0 Å². The summed E-state index contributed by atoms with van der Waals surface area (Å²) >= 11 is 13.2. The van der Waals surface area contributed by atoms with E-state index in [1.165, 1.54) is 23.5 Å². The summed E-state index contributed by atoms with van der Waals surface area (Å²) in [6.45, 7) is 0. The monoisotopic (exact) mass is 401 g/mol. The zero-order valence-electron chi connectivity index (χ0n) is 13.0. The summed E-state index contributed by atoms with van der Waals surface area (Å²) in [5, 5.41) is 23.7. The number of hydrogen-bond donors (Lipinski definition) is 0. The van der Waals surface area contributed by atoms with Gasteiger partial charge in [0.15, 0.2) is 0 Å². The normalized spacial score (nSPS) is 11.2. The second kappa shape index (κ2) is 7.67. The highest BCUT2D eigenvalue weighted by Crippen LogP contribution is 2.32. The molecular weight excluding hydrogens is 393 g/mol. The molecule has 0 fully saturated rings. The molecule has 0 unspecified atom stereocenters. The lowest BCUT2D eigenvalue weighted by atomic mass is 10.1. The van der Waals surface area contributed by atoms with Crippen LogP contribution in [0.25, 0.3) is 22.9 Å². The van der Waals surface area contributed by atoms with Crippen molar-refractivity contribution in [2.45, 2.75) is 0 Å². The number of nitro groups is 1. The number of thiazole rings is 1. The fourth-order valence-electron chi connectivity index (χ4n) is 2.26. The first-order valence-electron chi connectivity index (χ1n) is 7.26. The zero-order valence-corrected chi connectivity index (χ0v) is 15.3. The average Bonchev–Trinajstić information content (AvgIpc) is 3.12. The summed E-state index contributed by atoms with van der Waals surface area (Å²) in [5.41, 5.74) is 1.94. The molecule has 0 amide bonds. The van der Waals surface area contributed by atoms with Crippen LogP contribution in [-0.4, -0.2) is 9.91 Å². The quantitative estimate of drug-likeness (QED) is 0.301. The first-order chi connectivity index (χ1) is 12.5. The lowest BCUT2D eigenvalue weighted by Gasteiger charge is -2.00. The Morgan fingerprint density at radius 2 is 2.00 bits per heavy atom. The van der Waals surface area contributed by atoms with Crippen LogP contribution in [0.5, 0.6) is 0 Å². The zero-order chi connectivity index (χ0) is 18.7. The van der Waals surface area contributed by atoms with Gasteiger partial charge in [-0.15, -0.1) is 11.3 Å². The maximum atomic E-state index is 11.1. The molecule has 0 saturated carbocycles. The minimum atomic E-state index is -0.482. The summed E-state index contributed by atoms with van der Waals surface area (Å²) < 4.78 is 0. The molecule has 0 bridgehead atoms. The van der Waals surface area contributed by atoms with E-state index in [9.17, 15) is 15.4 Å². The van der Waals surface area contributed by atoms with Crippen LogP contribution in [0.2, 0.25) is 10.0 Å². The van der Waals surface area contributed by atoms with Crippen LogP contribution in [0.4, 0.5) is 5.69 Å². The average molecular weight is 402 g/mol. The van der Waals surface area contributed by atoms with Crippen LogP contribution in [-0.2, 0) is 0 Å². The first-order valence-corrected chi connectivity index (χ1v) is 8.89. The molecule has 3 aromatic rings. The molecule has 0 aliphatic rings. The Hall–Kier alpha value is -2.72. The third-order valence-electron chi connectivity index (χ3n) is 3.50. The number of hydrogen-bond acceptors (Lipinski definition) is 5. The van der Waals surface area contributed by atoms with Crippen LogP contribution >= 0.6 is 34.5 Å². The van der Waals surface area contributed by atoms with E-state index in [1.807, 2.05) is 0 Å². The number of para-hydroxylation sites is 1. The number of nitro benzene ring substituents is 1. The van der Waals surface area contributed by atoms with E-state index in [0.29, 0.717) is 26.3 Å². The molecule has 0 spiro atoms. The second-order valence-electron chi connectivity index (χ2n) is 5.15.